The molecule has 1 fully saturated rings. The summed E-state index contributed by atoms with van der Waals surface area (Å²) in [4.78, 5) is 0. The van der Waals surface area contributed by atoms with E-state index >= 15 is 0 Å². The molecule has 0 spiro atoms. The van der Waals surface area contributed by atoms with Crippen molar-refractivity contribution in [3.8, 4) is 47.4 Å². The van der Waals surface area contributed by atoms with Gasteiger partial charge in [0.05, 0.1) is 24.4 Å². The number of methoxy groups -OCH3 is 1. The van der Waals surface area contributed by atoms with E-state index in [1.807, 2.05) is 80.6 Å². The summed E-state index contributed by atoms with van der Waals surface area (Å²) in [5, 5.41) is 29.5. The van der Waals surface area contributed by atoms with Crippen molar-refractivity contribution in [1.29, 1.82) is 0 Å². The van der Waals surface area contributed by atoms with Gasteiger partial charge in [0.25, 0.3) is 0 Å². The van der Waals surface area contributed by atoms with Crippen LogP contribution in [0.5, 0.6) is 0 Å². The summed E-state index contributed by atoms with van der Waals surface area (Å²) in [6, 6.07) is 19.7. The maximum Gasteiger partial charge on any atom is 0.163 e. The average Bonchev–Trinajstić information content (AvgIpc) is 3.51. The molecular weight excluding hydrogens is 697 g/mol. The van der Waals surface area contributed by atoms with Crippen molar-refractivity contribution in [2.24, 2.45) is 0 Å². The van der Waals surface area contributed by atoms with Crippen molar-refractivity contribution in [3.63, 3.8) is 0 Å². The molecule has 1 heterocycles. The molecule has 6 heteroatoms. The Morgan fingerprint density at radius 3 is 2.02 bits per heavy atom. The summed E-state index contributed by atoms with van der Waals surface area (Å²) >= 11 is 0. The highest BCUT2D eigenvalue weighted by molar-refractivity contribution is 5.50. The van der Waals surface area contributed by atoms with Crippen molar-refractivity contribution in [3.05, 3.63) is 90.0 Å². The van der Waals surface area contributed by atoms with Crippen molar-refractivity contribution in [2.45, 2.75) is 160 Å². The van der Waals surface area contributed by atoms with Crippen LogP contribution in [0.1, 0.15) is 135 Å². The quantitative estimate of drug-likeness (QED) is 0.0920. The normalized spacial score (nSPS) is 17.7. The number of unbranched alkanes of at least 4 members (excludes halogenated alkanes) is 8. The van der Waals surface area contributed by atoms with Gasteiger partial charge in [-0.2, -0.15) is 0 Å². The summed E-state index contributed by atoms with van der Waals surface area (Å²) in [6.45, 7) is 8.36. The summed E-state index contributed by atoms with van der Waals surface area (Å²) in [5.41, 5.74) is 2.09. The van der Waals surface area contributed by atoms with Gasteiger partial charge in [-0.1, -0.05) is 168 Å². The second kappa shape index (κ2) is 30.1. The Kier molecular flexibility index (Phi) is 25.8. The van der Waals surface area contributed by atoms with Gasteiger partial charge in [0.15, 0.2) is 5.79 Å². The van der Waals surface area contributed by atoms with Crippen LogP contribution in [0.2, 0.25) is 0 Å². The van der Waals surface area contributed by atoms with E-state index in [9.17, 15) is 15.3 Å². The van der Waals surface area contributed by atoms with Crippen LogP contribution in [0.4, 0.5) is 0 Å². The number of hydrogen-bond acceptors (Lipinski definition) is 6. The lowest BCUT2D eigenvalue weighted by Crippen LogP contribution is -2.25. The number of rotatable bonds is 20. The van der Waals surface area contributed by atoms with Crippen molar-refractivity contribution < 1.29 is 29.5 Å². The Hall–Kier alpha value is -4.08. The van der Waals surface area contributed by atoms with Crippen LogP contribution in [-0.2, 0) is 14.2 Å². The second-order valence-electron chi connectivity index (χ2n) is 14.4. The van der Waals surface area contributed by atoms with E-state index in [1.54, 1.807) is 25.3 Å². The second-order valence-corrected chi connectivity index (χ2v) is 14.4. The van der Waals surface area contributed by atoms with Crippen LogP contribution < -0.4 is 0 Å². The summed E-state index contributed by atoms with van der Waals surface area (Å²) in [5.74, 6) is 22.0. The first-order valence-corrected chi connectivity index (χ1v) is 20.5. The summed E-state index contributed by atoms with van der Waals surface area (Å²) in [6.07, 6.45) is 19.1. The fourth-order valence-electron chi connectivity index (χ4n) is 6.06. The van der Waals surface area contributed by atoms with E-state index in [0.717, 1.165) is 30.4 Å². The fourth-order valence-corrected chi connectivity index (χ4v) is 6.06. The number of allylic oxidation sites excluding steroid dienone is 1. The van der Waals surface area contributed by atoms with E-state index in [2.05, 4.69) is 61.2 Å². The molecular formula is C50H66O6. The fraction of sp³-hybridized carbons (Fsp3) is 0.520. The maximum atomic E-state index is 9.89. The van der Waals surface area contributed by atoms with E-state index < -0.39 is 24.1 Å². The highest BCUT2D eigenvalue weighted by Crippen LogP contribution is 2.32. The van der Waals surface area contributed by atoms with Gasteiger partial charge in [-0.05, 0) is 79.7 Å². The van der Waals surface area contributed by atoms with Crippen molar-refractivity contribution in [1.82, 2.24) is 0 Å². The molecule has 6 nitrogen and oxygen atoms in total. The van der Waals surface area contributed by atoms with Gasteiger partial charge in [0, 0.05) is 20.0 Å². The first-order chi connectivity index (χ1) is 27.2. The lowest BCUT2D eigenvalue weighted by atomic mass is 10.0. The van der Waals surface area contributed by atoms with Gasteiger partial charge in [0.1, 0.15) is 12.2 Å². The Labute approximate surface area is 339 Å². The first kappa shape index (κ1) is 48.1. The van der Waals surface area contributed by atoms with Crippen LogP contribution in [0.15, 0.2) is 78.9 Å². The molecule has 0 aromatic heterocycles. The van der Waals surface area contributed by atoms with Crippen molar-refractivity contribution >= 4 is 6.08 Å². The summed E-state index contributed by atoms with van der Waals surface area (Å²) < 4.78 is 17.6. The third-order valence-corrected chi connectivity index (χ3v) is 9.14. The number of aliphatic hydroxyl groups excluding tert-OH is 3. The molecule has 1 aliphatic rings. The van der Waals surface area contributed by atoms with Crippen molar-refractivity contribution in [2.75, 3.05) is 7.11 Å². The van der Waals surface area contributed by atoms with Crippen LogP contribution in [-0.4, -0.2) is 58.7 Å². The minimum Gasteiger partial charge on any atom is -0.390 e. The zero-order chi connectivity index (χ0) is 40.7. The molecule has 2 unspecified atom stereocenters. The molecule has 302 valence electrons. The molecule has 56 heavy (non-hydrogen) atoms. The molecule has 0 saturated carbocycles. The van der Waals surface area contributed by atoms with Crippen LogP contribution in [0.25, 0.3) is 6.08 Å². The Balaban J connectivity index is 0.000000391. The molecule has 1 aliphatic heterocycles. The number of ether oxygens (including phenoxy) is 3. The van der Waals surface area contributed by atoms with Gasteiger partial charge in [0.2, 0.25) is 0 Å². The molecule has 3 N–H and O–H groups in total. The highest BCUT2D eigenvalue weighted by Gasteiger charge is 2.40. The molecule has 3 rings (SSSR count). The monoisotopic (exact) mass is 762 g/mol. The number of hydrogen-bond donors (Lipinski definition) is 3. The predicted molar refractivity (Wildman–Crippen MR) is 230 cm³/mol. The average molecular weight is 763 g/mol. The Morgan fingerprint density at radius 1 is 0.714 bits per heavy atom. The Bertz CT molecular complexity index is 1630. The molecule has 6 atom stereocenters. The molecule has 0 amide bonds. The van der Waals surface area contributed by atoms with Crippen LogP contribution >= 0.6 is 0 Å². The number of benzene rings is 2. The molecule has 2 aromatic carbocycles. The topological polar surface area (TPSA) is 88.4 Å². The van der Waals surface area contributed by atoms with E-state index in [0.29, 0.717) is 12.8 Å². The SMILES string of the molecule is CCCCCCC[C@@H](O)[C@H](O)CC#CC#CC(O)/C=C/c1ccccc1.CCCCCCC[C@H]1OC(C)(C)O[C@@H]1CC#CC#C/C=C/C(OC)c1ccccc1. The van der Waals surface area contributed by atoms with E-state index in [4.69, 9.17) is 14.2 Å². The lowest BCUT2D eigenvalue weighted by Gasteiger charge is -2.16. The number of aliphatic hydroxyl groups is 3. The molecule has 0 radical (unpaired) electrons. The Morgan fingerprint density at radius 2 is 1.34 bits per heavy atom. The molecule has 0 aliphatic carbocycles. The van der Waals surface area contributed by atoms with E-state index in [1.165, 1.54) is 51.4 Å². The standard InChI is InChI=1S/C27H36O3.C23H30O3/c1-5-6-7-9-16-21-25-26(30-27(2,3)29-25)22-17-11-8-10-15-20-24(28-4)23-18-13-12-14-19-23;1-2-3-4-5-11-16-22(25)23(26)17-12-7-10-15-21(24)19-18-20-13-8-6-9-14-20/h12-15,18-20,24-26H,5-7,9,16,21-22H2,1-4H3;6,8-9,13-14,18-19,21-26H,2-5,11,16-17H2,1H3/b20-15+;19-18+/t24?,25-,26-;21?,22-,23-/m11/s1. The third kappa shape index (κ3) is 22.5. The van der Waals surface area contributed by atoms with Gasteiger partial charge in [-0.15, -0.1) is 0 Å². The van der Waals surface area contributed by atoms with Gasteiger partial charge < -0.3 is 29.5 Å². The summed E-state index contributed by atoms with van der Waals surface area (Å²) in [7, 11) is 1.70. The molecule has 0 bridgehead atoms. The smallest absolute Gasteiger partial charge is 0.163 e. The minimum absolute atomic E-state index is 0.0203. The minimum atomic E-state index is -0.886. The van der Waals surface area contributed by atoms with Gasteiger partial charge in [-0.3, -0.25) is 0 Å². The van der Waals surface area contributed by atoms with Crippen LogP contribution in [0, 0.1) is 47.4 Å². The lowest BCUT2D eigenvalue weighted by molar-refractivity contribution is -0.146. The largest absolute Gasteiger partial charge is 0.390 e. The first-order valence-electron chi connectivity index (χ1n) is 20.5. The van der Waals surface area contributed by atoms with Gasteiger partial charge in [-0.25, -0.2) is 0 Å². The highest BCUT2D eigenvalue weighted by atomic mass is 16.7. The third-order valence-electron chi connectivity index (χ3n) is 9.14. The zero-order valence-corrected chi connectivity index (χ0v) is 34.5. The van der Waals surface area contributed by atoms with E-state index in [-0.39, 0.29) is 24.7 Å². The predicted octanol–water partition coefficient (Wildman–Crippen LogP) is 9.75. The van der Waals surface area contributed by atoms with Crippen LogP contribution in [0.3, 0.4) is 0 Å². The zero-order valence-electron chi connectivity index (χ0n) is 34.5. The maximum absolute atomic E-state index is 9.89. The molecule has 1 saturated heterocycles. The van der Waals surface area contributed by atoms with Gasteiger partial charge >= 0.3 is 0 Å². The molecule has 2 aromatic rings.